The van der Waals surface area contributed by atoms with Crippen LogP contribution >= 0.6 is 0 Å². The summed E-state index contributed by atoms with van der Waals surface area (Å²) in [6, 6.07) is 7.92. The molecule has 0 spiro atoms. The molecule has 1 aliphatic carbocycles. The smallest absolute Gasteiger partial charge is 0.323 e. The topological polar surface area (TPSA) is 81.7 Å². The number of carboxylic acids is 1. The van der Waals surface area contributed by atoms with Crippen molar-refractivity contribution in [1.29, 1.82) is 0 Å². The molecule has 35 heavy (non-hydrogen) atoms. The zero-order valence-corrected chi connectivity index (χ0v) is 20.8. The minimum absolute atomic E-state index is 0.151. The summed E-state index contributed by atoms with van der Waals surface area (Å²) in [6.45, 7) is 9.21. The van der Waals surface area contributed by atoms with Crippen molar-refractivity contribution < 1.29 is 23.5 Å². The van der Waals surface area contributed by atoms with E-state index in [0.717, 1.165) is 43.6 Å². The quantitative estimate of drug-likeness (QED) is 0.346. The van der Waals surface area contributed by atoms with E-state index in [4.69, 9.17) is 0 Å². The number of urea groups is 1. The Balaban J connectivity index is 2.02. The number of benzene rings is 2. The first-order chi connectivity index (χ1) is 16.6. The summed E-state index contributed by atoms with van der Waals surface area (Å²) in [5.74, 6) is -2.15. The third-order valence-electron chi connectivity index (χ3n) is 6.85. The Morgan fingerprint density at radius 1 is 1.03 bits per heavy atom. The second-order valence-corrected chi connectivity index (χ2v) is 9.69. The fourth-order valence-electron chi connectivity index (χ4n) is 4.77. The number of amides is 2. The minimum Gasteiger partial charge on any atom is -0.481 e. The SMILES string of the molecule is CCC(CC)N(CC(C)C)c1ccc(C2(C(=O)O)CCC2)cc1NC(=O)Nc1ccc(F)cc1F. The molecule has 190 valence electrons. The van der Waals surface area contributed by atoms with Crippen molar-refractivity contribution in [2.75, 3.05) is 22.1 Å². The van der Waals surface area contributed by atoms with E-state index in [1.807, 2.05) is 12.1 Å². The Kier molecular flexibility index (Phi) is 8.35. The highest BCUT2D eigenvalue weighted by Crippen LogP contribution is 2.46. The number of halogens is 2. The molecule has 0 heterocycles. The van der Waals surface area contributed by atoms with E-state index in [1.165, 1.54) is 0 Å². The number of hydrogen-bond acceptors (Lipinski definition) is 3. The molecule has 0 atom stereocenters. The average Bonchev–Trinajstić information content (AvgIpc) is 2.75. The molecular formula is C27H35F2N3O3. The highest BCUT2D eigenvalue weighted by molar-refractivity contribution is 6.02. The van der Waals surface area contributed by atoms with Crippen LogP contribution in [0.2, 0.25) is 0 Å². The van der Waals surface area contributed by atoms with Gasteiger partial charge in [0.25, 0.3) is 0 Å². The molecule has 2 aromatic carbocycles. The highest BCUT2D eigenvalue weighted by Gasteiger charge is 2.46. The molecule has 3 N–H and O–H groups in total. The summed E-state index contributed by atoms with van der Waals surface area (Å²) >= 11 is 0. The van der Waals surface area contributed by atoms with Crippen LogP contribution in [-0.2, 0) is 10.2 Å². The van der Waals surface area contributed by atoms with Crippen LogP contribution < -0.4 is 15.5 Å². The lowest BCUT2D eigenvalue weighted by atomic mass is 9.64. The molecule has 1 aliphatic rings. The molecule has 2 amide bonds. The number of hydrogen-bond donors (Lipinski definition) is 3. The van der Waals surface area contributed by atoms with E-state index >= 15 is 0 Å². The number of anilines is 3. The predicted octanol–water partition coefficient (Wildman–Crippen LogP) is 6.77. The van der Waals surface area contributed by atoms with Crippen LogP contribution in [0.15, 0.2) is 36.4 Å². The van der Waals surface area contributed by atoms with E-state index in [0.29, 0.717) is 36.1 Å². The Morgan fingerprint density at radius 2 is 1.69 bits per heavy atom. The Labute approximate surface area is 205 Å². The van der Waals surface area contributed by atoms with Crippen molar-refractivity contribution in [3.05, 3.63) is 53.6 Å². The van der Waals surface area contributed by atoms with Crippen molar-refractivity contribution in [3.8, 4) is 0 Å². The van der Waals surface area contributed by atoms with Crippen LogP contribution in [0.3, 0.4) is 0 Å². The molecule has 0 aliphatic heterocycles. The van der Waals surface area contributed by atoms with Crippen molar-refractivity contribution in [2.45, 2.75) is 71.3 Å². The van der Waals surface area contributed by atoms with Crippen molar-refractivity contribution in [1.82, 2.24) is 0 Å². The summed E-state index contributed by atoms with van der Waals surface area (Å²) in [4.78, 5) is 27.3. The maximum atomic E-state index is 14.1. The van der Waals surface area contributed by atoms with Crippen LogP contribution in [-0.4, -0.2) is 29.7 Å². The normalized spacial score (nSPS) is 14.5. The minimum atomic E-state index is -0.966. The van der Waals surface area contributed by atoms with E-state index in [1.54, 1.807) is 6.07 Å². The summed E-state index contributed by atoms with van der Waals surface area (Å²) in [5, 5.41) is 15.2. The van der Waals surface area contributed by atoms with Crippen molar-refractivity contribution in [3.63, 3.8) is 0 Å². The summed E-state index contributed by atoms with van der Waals surface area (Å²) in [7, 11) is 0. The van der Waals surface area contributed by atoms with Crippen molar-refractivity contribution >= 4 is 29.1 Å². The van der Waals surface area contributed by atoms with Gasteiger partial charge in [0.1, 0.15) is 11.6 Å². The molecule has 0 aromatic heterocycles. The molecule has 6 nitrogen and oxygen atoms in total. The van der Waals surface area contributed by atoms with Crippen LogP contribution in [0.25, 0.3) is 0 Å². The van der Waals surface area contributed by atoms with Gasteiger partial charge >= 0.3 is 12.0 Å². The summed E-state index contributed by atoms with van der Waals surface area (Å²) in [5.41, 5.74) is 0.763. The Morgan fingerprint density at radius 3 is 2.20 bits per heavy atom. The van der Waals surface area contributed by atoms with Crippen LogP contribution in [0.5, 0.6) is 0 Å². The second kappa shape index (κ2) is 11.1. The zero-order valence-electron chi connectivity index (χ0n) is 20.8. The van der Waals surface area contributed by atoms with Crippen LogP contribution in [0.4, 0.5) is 30.6 Å². The van der Waals surface area contributed by atoms with E-state index in [2.05, 4.69) is 43.2 Å². The molecule has 0 bridgehead atoms. The molecule has 1 fully saturated rings. The van der Waals surface area contributed by atoms with Gasteiger partial charge in [0.15, 0.2) is 0 Å². The van der Waals surface area contributed by atoms with E-state index in [-0.39, 0.29) is 11.7 Å². The van der Waals surface area contributed by atoms with Gasteiger partial charge in [-0.2, -0.15) is 0 Å². The summed E-state index contributed by atoms with van der Waals surface area (Å²) < 4.78 is 27.4. The van der Waals surface area contributed by atoms with Crippen molar-refractivity contribution in [2.24, 2.45) is 5.92 Å². The van der Waals surface area contributed by atoms with Gasteiger partial charge in [-0.15, -0.1) is 0 Å². The third-order valence-corrected chi connectivity index (χ3v) is 6.85. The van der Waals surface area contributed by atoms with Crippen LogP contribution in [0.1, 0.15) is 65.4 Å². The molecule has 0 saturated heterocycles. The van der Waals surface area contributed by atoms with Gasteiger partial charge in [-0.3, -0.25) is 4.79 Å². The third kappa shape index (κ3) is 5.74. The maximum Gasteiger partial charge on any atom is 0.323 e. The lowest BCUT2D eigenvalue weighted by Crippen LogP contribution is -2.42. The Hall–Kier alpha value is -3.16. The molecule has 3 rings (SSSR count). The van der Waals surface area contributed by atoms with Crippen LogP contribution in [0, 0.1) is 17.6 Å². The van der Waals surface area contributed by atoms with Gasteiger partial charge in [0.05, 0.1) is 22.5 Å². The van der Waals surface area contributed by atoms with Gasteiger partial charge in [-0.05, 0) is 61.4 Å². The van der Waals surface area contributed by atoms with E-state index in [9.17, 15) is 23.5 Å². The summed E-state index contributed by atoms with van der Waals surface area (Å²) in [6.07, 6.45) is 3.70. The molecular weight excluding hydrogens is 452 g/mol. The fourth-order valence-corrected chi connectivity index (χ4v) is 4.77. The zero-order chi connectivity index (χ0) is 25.8. The van der Waals surface area contributed by atoms with Gasteiger partial charge < -0.3 is 20.6 Å². The number of aliphatic carboxylic acids is 1. The number of nitrogens with zero attached hydrogens (tertiary/aromatic N) is 1. The first-order valence-electron chi connectivity index (χ1n) is 12.3. The lowest BCUT2D eigenvalue weighted by Gasteiger charge is -2.40. The number of rotatable bonds is 10. The standard InChI is InChI=1S/C27H35F2N3O3/c1-5-20(6-2)32(16-17(3)4)24-11-8-18(27(25(33)34)12-7-13-27)14-23(24)31-26(35)30-22-10-9-19(28)15-21(22)29/h8-11,14-15,17,20H,5-7,12-13,16H2,1-4H3,(H,33,34)(H2,30,31,35). The monoisotopic (exact) mass is 487 g/mol. The maximum absolute atomic E-state index is 14.1. The number of carbonyl (C=O) groups is 2. The molecule has 0 radical (unpaired) electrons. The number of carbonyl (C=O) groups excluding carboxylic acids is 1. The first kappa shape index (κ1) is 26.4. The Bertz CT molecular complexity index is 1070. The van der Waals surface area contributed by atoms with Gasteiger partial charge in [0.2, 0.25) is 0 Å². The fraction of sp³-hybridized carbons (Fsp3) is 0.481. The second-order valence-electron chi connectivity index (χ2n) is 9.69. The largest absolute Gasteiger partial charge is 0.481 e. The van der Waals surface area contributed by atoms with Gasteiger partial charge in [-0.1, -0.05) is 40.2 Å². The number of carboxylic acid groups (broad SMARTS) is 1. The van der Waals surface area contributed by atoms with Gasteiger partial charge in [0, 0.05) is 18.7 Å². The molecule has 0 unspecified atom stereocenters. The van der Waals surface area contributed by atoms with E-state index < -0.39 is 29.0 Å². The molecule has 2 aromatic rings. The highest BCUT2D eigenvalue weighted by atomic mass is 19.1. The molecule has 1 saturated carbocycles. The predicted molar refractivity (Wildman–Crippen MR) is 135 cm³/mol. The average molecular weight is 488 g/mol. The van der Waals surface area contributed by atoms with Gasteiger partial charge in [-0.25, -0.2) is 13.6 Å². The number of nitrogens with one attached hydrogen (secondary N) is 2. The molecule has 8 heteroatoms. The first-order valence-corrected chi connectivity index (χ1v) is 12.3. The lowest BCUT2D eigenvalue weighted by molar-refractivity contribution is -0.147.